The molecule has 0 saturated heterocycles. The lowest BCUT2D eigenvalue weighted by Crippen LogP contribution is -2.30. The molecule has 3 unspecified atom stereocenters. The van der Waals surface area contributed by atoms with Crippen LogP contribution in [0.2, 0.25) is 0 Å². The van der Waals surface area contributed by atoms with E-state index in [1.165, 1.54) is 321 Å². The van der Waals surface area contributed by atoms with Crippen molar-refractivity contribution in [1.29, 1.82) is 0 Å². The van der Waals surface area contributed by atoms with E-state index in [-0.39, 0.29) is 25.7 Å². The Hall–Kier alpha value is -1.94. The minimum Gasteiger partial charge on any atom is -0.462 e. The standard InChI is InChI=1S/C91H178O17P2/c1-6-10-13-16-19-22-25-28-30-32-34-36-38-40-45-50-55-60-65-70-75-89(94)102-81-87(108-90(95)76-71-66-61-56-51-46-41-39-37-35-33-31-29-26-23-20-17-14-11-7-2)83-106-110(99,100)104-79-85(92)78-103-109(97,98)105-82-86(80-101-88(93)74-69-64-59-54-49-27-24-21-18-15-12-8-3)107-91(96)77-72-67-62-57-52-47-43-42-44-48-53-58-63-68-73-84(5)9-4/h84-87,92H,6-83H2,1-5H3,(H,97,98)(H,99,100)/t84?,85-,86+,87+/m0/s1. The number of ether oxygens (including phenoxy) is 4. The van der Waals surface area contributed by atoms with Gasteiger partial charge in [0.25, 0.3) is 0 Å². The molecular formula is C91H178O17P2. The molecule has 0 fully saturated rings. The maximum absolute atomic E-state index is 13.2. The molecule has 0 aromatic carbocycles. The Kier molecular flexibility index (Phi) is 82.1. The summed E-state index contributed by atoms with van der Waals surface area (Å²) in [6.07, 6.45) is 79.1. The summed E-state index contributed by atoms with van der Waals surface area (Å²) in [7, 11) is -9.94. The van der Waals surface area contributed by atoms with Crippen LogP contribution >= 0.6 is 15.6 Å². The second-order valence-corrected chi connectivity index (χ2v) is 35.8. The average Bonchev–Trinajstić information content (AvgIpc) is 0.898. The first-order valence-electron chi connectivity index (χ1n) is 47.2. The van der Waals surface area contributed by atoms with Crippen molar-refractivity contribution in [3.8, 4) is 0 Å². The molecule has 654 valence electrons. The molecule has 0 aliphatic heterocycles. The number of hydrogen-bond acceptors (Lipinski definition) is 15. The predicted molar refractivity (Wildman–Crippen MR) is 455 cm³/mol. The van der Waals surface area contributed by atoms with Gasteiger partial charge in [-0.1, -0.05) is 446 Å². The number of esters is 4. The molecule has 0 spiro atoms. The minimum absolute atomic E-state index is 0.109. The zero-order valence-electron chi connectivity index (χ0n) is 72.4. The molecule has 0 heterocycles. The van der Waals surface area contributed by atoms with Gasteiger partial charge in [0.15, 0.2) is 12.2 Å². The largest absolute Gasteiger partial charge is 0.472 e. The van der Waals surface area contributed by atoms with Crippen LogP contribution in [0.1, 0.15) is 497 Å². The number of aliphatic hydroxyl groups excluding tert-OH is 1. The fourth-order valence-electron chi connectivity index (χ4n) is 14.3. The van der Waals surface area contributed by atoms with E-state index in [1.54, 1.807) is 0 Å². The second-order valence-electron chi connectivity index (χ2n) is 32.9. The minimum atomic E-state index is -4.97. The Morgan fingerprint density at radius 2 is 0.436 bits per heavy atom. The van der Waals surface area contributed by atoms with Gasteiger partial charge < -0.3 is 33.8 Å². The van der Waals surface area contributed by atoms with E-state index in [1.807, 2.05) is 0 Å². The fraction of sp³-hybridized carbons (Fsp3) is 0.956. The van der Waals surface area contributed by atoms with Crippen LogP contribution in [-0.2, 0) is 65.4 Å². The van der Waals surface area contributed by atoms with E-state index in [0.29, 0.717) is 25.7 Å². The van der Waals surface area contributed by atoms with Gasteiger partial charge in [-0.3, -0.25) is 37.3 Å². The summed E-state index contributed by atoms with van der Waals surface area (Å²) < 4.78 is 69.1. The SMILES string of the molecule is CCCCCCCCCCCCCCCCCCCCCCC(=O)OC[C@H](COP(=O)(O)OC[C@@H](O)COP(=O)(O)OC[C@@H](COC(=O)CCCCCCCCCCCCCC)OC(=O)CCCCCCCCCCCCCCCCC(C)CC)OC(=O)CCCCCCCCCCCCCCCCCCCCCC. The van der Waals surface area contributed by atoms with Crippen LogP contribution in [0.4, 0.5) is 0 Å². The molecule has 0 rings (SSSR count). The lowest BCUT2D eigenvalue weighted by Gasteiger charge is -2.21. The second kappa shape index (κ2) is 83.5. The predicted octanol–water partition coefficient (Wildman–Crippen LogP) is 28.3. The topological polar surface area (TPSA) is 237 Å². The Balaban J connectivity index is 5.25. The zero-order valence-corrected chi connectivity index (χ0v) is 74.2. The molecule has 17 nitrogen and oxygen atoms in total. The maximum atomic E-state index is 13.2. The number of phosphoric acid groups is 2. The van der Waals surface area contributed by atoms with Crippen LogP contribution in [0.15, 0.2) is 0 Å². The first kappa shape index (κ1) is 108. The molecule has 0 radical (unpaired) electrons. The number of carbonyl (C=O) groups excluding carboxylic acids is 4. The Labute approximate surface area is 677 Å². The Morgan fingerprint density at radius 3 is 0.645 bits per heavy atom. The summed E-state index contributed by atoms with van der Waals surface area (Å²) in [6, 6.07) is 0. The van der Waals surface area contributed by atoms with Crippen LogP contribution in [0.25, 0.3) is 0 Å². The molecule has 0 aliphatic rings. The molecule has 0 aliphatic carbocycles. The summed E-state index contributed by atoms with van der Waals surface area (Å²) in [5.74, 6) is -1.25. The molecule has 0 bridgehead atoms. The van der Waals surface area contributed by atoms with Gasteiger partial charge in [-0.15, -0.1) is 0 Å². The van der Waals surface area contributed by atoms with E-state index in [2.05, 4.69) is 34.6 Å². The van der Waals surface area contributed by atoms with E-state index >= 15 is 0 Å². The molecule has 110 heavy (non-hydrogen) atoms. The van der Waals surface area contributed by atoms with Crippen LogP contribution in [-0.4, -0.2) is 96.7 Å². The molecule has 0 saturated carbocycles. The Morgan fingerprint density at radius 1 is 0.255 bits per heavy atom. The van der Waals surface area contributed by atoms with Crippen molar-refractivity contribution in [3.05, 3.63) is 0 Å². The van der Waals surface area contributed by atoms with Gasteiger partial charge in [0, 0.05) is 25.7 Å². The average molecular weight is 1610 g/mol. The van der Waals surface area contributed by atoms with Gasteiger partial charge in [-0.2, -0.15) is 0 Å². The number of unbranched alkanes of at least 4 members (excludes halogenated alkanes) is 62. The molecule has 3 N–H and O–H groups in total. The fourth-order valence-corrected chi connectivity index (χ4v) is 15.9. The molecule has 0 aromatic rings. The smallest absolute Gasteiger partial charge is 0.462 e. The lowest BCUT2D eigenvalue weighted by molar-refractivity contribution is -0.161. The van der Waals surface area contributed by atoms with E-state index in [4.69, 9.17) is 37.0 Å². The van der Waals surface area contributed by atoms with Gasteiger partial charge in [0.2, 0.25) is 0 Å². The summed E-state index contributed by atoms with van der Waals surface area (Å²) in [4.78, 5) is 73.4. The summed E-state index contributed by atoms with van der Waals surface area (Å²) >= 11 is 0. The highest BCUT2D eigenvalue weighted by molar-refractivity contribution is 7.47. The van der Waals surface area contributed by atoms with E-state index < -0.39 is 97.5 Å². The molecule has 0 aromatic heterocycles. The van der Waals surface area contributed by atoms with Crippen molar-refractivity contribution in [3.63, 3.8) is 0 Å². The molecule has 0 amide bonds. The monoisotopic (exact) mass is 1610 g/mol. The number of phosphoric ester groups is 2. The van der Waals surface area contributed by atoms with Crippen molar-refractivity contribution in [2.75, 3.05) is 39.6 Å². The van der Waals surface area contributed by atoms with Gasteiger partial charge in [-0.05, 0) is 31.6 Å². The van der Waals surface area contributed by atoms with Crippen LogP contribution in [0.3, 0.4) is 0 Å². The molecule has 19 heteroatoms. The molecule has 6 atom stereocenters. The van der Waals surface area contributed by atoms with E-state index in [9.17, 15) is 43.2 Å². The van der Waals surface area contributed by atoms with Gasteiger partial charge in [0.05, 0.1) is 26.4 Å². The van der Waals surface area contributed by atoms with Crippen molar-refractivity contribution < 1.29 is 80.2 Å². The Bertz CT molecular complexity index is 2080. The van der Waals surface area contributed by atoms with Gasteiger partial charge in [0.1, 0.15) is 19.3 Å². The van der Waals surface area contributed by atoms with Crippen molar-refractivity contribution in [1.82, 2.24) is 0 Å². The zero-order chi connectivity index (χ0) is 80.4. The number of hydrogen-bond donors (Lipinski definition) is 3. The maximum Gasteiger partial charge on any atom is 0.472 e. The third kappa shape index (κ3) is 82.6. The van der Waals surface area contributed by atoms with Crippen molar-refractivity contribution >= 4 is 39.5 Å². The van der Waals surface area contributed by atoms with Gasteiger partial charge in [-0.25, -0.2) is 9.13 Å². The summed E-state index contributed by atoms with van der Waals surface area (Å²) in [6.45, 7) is 7.45. The highest BCUT2D eigenvalue weighted by Crippen LogP contribution is 2.45. The first-order chi connectivity index (χ1) is 53.6. The third-order valence-corrected chi connectivity index (χ3v) is 23.8. The number of aliphatic hydroxyl groups is 1. The lowest BCUT2D eigenvalue weighted by atomic mass is 9.99. The van der Waals surface area contributed by atoms with E-state index in [0.717, 1.165) is 95.8 Å². The third-order valence-electron chi connectivity index (χ3n) is 21.9. The normalized spacial score (nSPS) is 13.9. The first-order valence-corrected chi connectivity index (χ1v) is 50.2. The summed E-state index contributed by atoms with van der Waals surface area (Å²) in [5.41, 5.74) is 0. The van der Waals surface area contributed by atoms with Gasteiger partial charge >= 0.3 is 39.5 Å². The highest BCUT2D eigenvalue weighted by atomic mass is 31.2. The van der Waals surface area contributed by atoms with Crippen LogP contribution < -0.4 is 0 Å². The van der Waals surface area contributed by atoms with Crippen LogP contribution in [0, 0.1) is 5.92 Å². The number of carbonyl (C=O) groups is 4. The molecular weight excluding hydrogens is 1430 g/mol. The highest BCUT2D eigenvalue weighted by Gasteiger charge is 2.31. The quantitative estimate of drug-likeness (QED) is 0.0222. The summed E-state index contributed by atoms with van der Waals surface area (Å²) in [5, 5.41) is 10.7. The van der Waals surface area contributed by atoms with Crippen molar-refractivity contribution in [2.24, 2.45) is 5.92 Å². The van der Waals surface area contributed by atoms with Crippen molar-refractivity contribution in [2.45, 2.75) is 515 Å². The number of rotatable bonds is 91. The van der Waals surface area contributed by atoms with Crippen LogP contribution in [0.5, 0.6) is 0 Å².